The highest BCUT2D eigenvalue weighted by molar-refractivity contribution is 9.07. The van der Waals surface area contributed by atoms with Crippen molar-refractivity contribution in [3.8, 4) is 0 Å². The van der Waals surface area contributed by atoms with Gasteiger partial charge in [-0.3, -0.25) is 8.72 Å². The molecule has 0 N–H and O–H groups in total. The maximum Gasteiger partial charge on any atom is 0.232 e. The summed E-state index contributed by atoms with van der Waals surface area (Å²) in [6.07, 6.45) is 6.23. The maximum absolute atomic E-state index is 11.4. The maximum atomic E-state index is 11.4. The Bertz CT molecular complexity index is 139. The molecule has 2 nitrogen and oxygen atoms in total. The van der Waals surface area contributed by atoms with Gasteiger partial charge in [0, 0.05) is 13.0 Å². The van der Waals surface area contributed by atoms with Gasteiger partial charge in [-0.2, -0.15) is 0 Å². The standard InChI is InChI=1S/C10H20BrNO/c1-3-5-7-8-10(13)12(11)9-6-4-2/h3-9H2,1-2H3. The van der Waals surface area contributed by atoms with Gasteiger partial charge in [-0.15, -0.1) is 0 Å². The van der Waals surface area contributed by atoms with E-state index >= 15 is 0 Å². The smallest absolute Gasteiger partial charge is 0.232 e. The van der Waals surface area contributed by atoms with Gasteiger partial charge >= 0.3 is 0 Å². The van der Waals surface area contributed by atoms with Crippen LogP contribution in [0.5, 0.6) is 0 Å². The molecule has 1 amide bonds. The summed E-state index contributed by atoms with van der Waals surface area (Å²) in [6.45, 7) is 5.11. The minimum Gasteiger partial charge on any atom is -0.279 e. The third kappa shape index (κ3) is 7.05. The van der Waals surface area contributed by atoms with Gasteiger partial charge < -0.3 is 0 Å². The predicted molar refractivity (Wildman–Crippen MR) is 59.7 cm³/mol. The van der Waals surface area contributed by atoms with Gasteiger partial charge in [-0.05, 0) is 12.8 Å². The van der Waals surface area contributed by atoms with Crippen LogP contribution in [0.1, 0.15) is 52.4 Å². The first-order valence-electron chi connectivity index (χ1n) is 5.18. The molecule has 3 heteroatoms. The fourth-order valence-electron chi connectivity index (χ4n) is 1.07. The van der Waals surface area contributed by atoms with Crippen LogP contribution in [0, 0.1) is 0 Å². The summed E-state index contributed by atoms with van der Waals surface area (Å²) in [5.41, 5.74) is 0. The van der Waals surface area contributed by atoms with Crippen molar-refractivity contribution in [2.75, 3.05) is 6.54 Å². The van der Waals surface area contributed by atoms with Crippen molar-refractivity contribution in [2.45, 2.75) is 52.4 Å². The molecule has 13 heavy (non-hydrogen) atoms. The van der Waals surface area contributed by atoms with Crippen molar-refractivity contribution < 1.29 is 4.79 Å². The quantitative estimate of drug-likeness (QED) is 0.500. The third-order valence-electron chi connectivity index (χ3n) is 1.97. The zero-order valence-electron chi connectivity index (χ0n) is 8.68. The summed E-state index contributed by atoms with van der Waals surface area (Å²) >= 11 is 3.28. The first kappa shape index (κ1) is 12.9. The lowest BCUT2D eigenvalue weighted by molar-refractivity contribution is -0.125. The van der Waals surface area contributed by atoms with Crippen LogP contribution in [0.15, 0.2) is 0 Å². The molecule has 0 bridgehead atoms. The number of hydrogen-bond donors (Lipinski definition) is 0. The van der Waals surface area contributed by atoms with E-state index in [0.29, 0.717) is 6.42 Å². The van der Waals surface area contributed by atoms with E-state index in [9.17, 15) is 4.79 Å². The lowest BCUT2D eigenvalue weighted by Gasteiger charge is -2.13. The molecule has 0 saturated heterocycles. The molecule has 78 valence electrons. The monoisotopic (exact) mass is 249 g/mol. The Morgan fingerprint density at radius 3 is 2.31 bits per heavy atom. The first-order chi connectivity index (χ1) is 6.22. The number of amides is 1. The summed E-state index contributed by atoms with van der Waals surface area (Å²) in [4.78, 5) is 11.4. The molecule has 0 aromatic carbocycles. The van der Waals surface area contributed by atoms with Gasteiger partial charge in [0.2, 0.25) is 5.91 Å². The molecule has 0 fully saturated rings. The molecule has 0 aliphatic rings. The molecule has 0 aliphatic heterocycles. The zero-order valence-corrected chi connectivity index (χ0v) is 10.3. The molecular formula is C10H20BrNO. The topological polar surface area (TPSA) is 20.3 Å². The van der Waals surface area contributed by atoms with Crippen LogP contribution in [0.3, 0.4) is 0 Å². The average Bonchev–Trinajstić information content (AvgIpc) is 2.14. The Hall–Kier alpha value is -0.0500. The van der Waals surface area contributed by atoms with Crippen molar-refractivity contribution in [3.05, 3.63) is 0 Å². The highest BCUT2D eigenvalue weighted by Gasteiger charge is 2.08. The Kier molecular flexibility index (Phi) is 8.51. The summed E-state index contributed by atoms with van der Waals surface area (Å²) in [5.74, 6) is 0.224. The molecule has 0 spiro atoms. The SMILES string of the molecule is CCCCCC(=O)N(Br)CCCC. The van der Waals surface area contributed by atoms with Crippen LogP contribution in [0.25, 0.3) is 0 Å². The fraction of sp³-hybridized carbons (Fsp3) is 0.900. The normalized spacial score (nSPS) is 10.1. The van der Waals surface area contributed by atoms with E-state index < -0.39 is 0 Å². The summed E-state index contributed by atoms with van der Waals surface area (Å²) in [5, 5.41) is 0. The minimum absolute atomic E-state index is 0.224. The fourth-order valence-corrected chi connectivity index (χ4v) is 1.50. The van der Waals surface area contributed by atoms with E-state index in [2.05, 4.69) is 30.0 Å². The van der Waals surface area contributed by atoms with E-state index in [1.807, 2.05) is 0 Å². The molecule has 0 unspecified atom stereocenters. The predicted octanol–water partition coefficient (Wildman–Crippen LogP) is 3.51. The number of carbonyl (C=O) groups is 1. The van der Waals surface area contributed by atoms with Gasteiger partial charge in [-0.25, -0.2) is 0 Å². The summed E-state index contributed by atoms with van der Waals surface area (Å²) < 4.78 is 1.67. The first-order valence-corrected chi connectivity index (χ1v) is 5.89. The third-order valence-corrected chi connectivity index (χ3v) is 2.72. The van der Waals surface area contributed by atoms with Crippen LogP contribution in [0.4, 0.5) is 0 Å². The van der Waals surface area contributed by atoms with E-state index in [0.717, 1.165) is 32.2 Å². The molecule has 0 aromatic rings. The zero-order chi connectivity index (χ0) is 10.1. The molecule has 0 radical (unpaired) electrons. The lowest BCUT2D eigenvalue weighted by atomic mass is 10.2. The number of hydrogen-bond acceptors (Lipinski definition) is 1. The van der Waals surface area contributed by atoms with Gasteiger partial charge in [0.15, 0.2) is 0 Å². The number of nitrogens with zero attached hydrogens (tertiary/aromatic N) is 1. The molecule has 0 atom stereocenters. The molecule has 0 aromatic heterocycles. The van der Waals surface area contributed by atoms with Gasteiger partial charge in [-0.1, -0.05) is 33.1 Å². The van der Waals surface area contributed by atoms with Crippen molar-refractivity contribution in [1.29, 1.82) is 0 Å². The van der Waals surface area contributed by atoms with Gasteiger partial charge in [0.1, 0.15) is 0 Å². The van der Waals surface area contributed by atoms with E-state index in [-0.39, 0.29) is 5.91 Å². The van der Waals surface area contributed by atoms with Crippen LogP contribution in [-0.2, 0) is 4.79 Å². The van der Waals surface area contributed by atoms with E-state index in [4.69, 9.17) is 0 Å². The van der Waals surface area contributed by atoms with Crippen LogP contribution in [0.2, 0.25) is 0 Å². The Balaban J connectivity index is 3.45. The van der Waals surface area contributed by atoms with Crippen LogP contribution in [-0.4, -0.2) is 16.4 Å². The molecular weight excluding hydrogens is 230 g/mol. The van der Waals surface area contributed by atoms with E-state index in [1.165, 1.54) is 6.42 Å². The number of halogens is 1. The van der Waals surface area contributed by atoms with Crippen molar-refractivity contribution in [2.24, 2.45) is 0 Å². The number of unbranched alkanes of at least 4 members (excludes halogenated alkanes) is 3. The highest BCUT2D eigenvalue weighted by atomic mass is 79.9. The Morgan fingerprint density at radius 1 is 1.15 bits per heavy atom. The second kappa shape index (κ2) is 8.54. The van der Waals surface area contributed by atoms with Gasteiger partial charge in [0.05, 0.1) is 16.1 Å². The van der Waals surface area contributed by atoms with Crippen molar-refractivity contribution >= 4 is 22.1 Å². The lowest BCUT2D eigenvalue weighted by Crippen LogP contribution is -2.21. The highest BCUT2D eigenvalue weighted by Crippen LogP contribution is 2.08. The second-order valence-electron chi connectivity index (χ2n) is 3.29. The van der Waals surface area contributed by atoms with Crippen molar-refractivity contribution in [3.63, 3.8) is 0 Å². The number of carbonyl (C=O) groups excluding carboxylic acids is 1. The van der Waals surface area contributed by atoms with Crippen LogP contribution >= 0.6 is 16.1 Å². The summed E-state index contributed by atoms with van der Waals surface area (Å²) in [7, 11) is 0. The molecule has 0 rings (SSSR count). The minimum atomic E-state index is 0.224. The van der Waals surface area contributed by atoms with Crippen LogP contribution < -0.4 is 0 Å². The van der Waals surface area contributed by atoms with Gasteiger partial charge in [0.25, 0.3) is 0 Å². The van der Waals surface area contributed by atoms with Crippen molar-refractivity contribution in [1.82, 2.24) is 3.93 Å². The molecule has 0 saturated carbocycles. The average molecular weight is 250 g/mol. The molecule has 0 aliphatic carbocycles. The second-order valence-corrected chi connectivity index (χ2v) is 4.15. The van der Waals surface area contributed by atoms with E-state index in [1.54, 1.807) is 3.93 Å². The summed E-state index contributed by atoms with van der Waals surface area (Å²) in [6, 6.07) is 0. The Morgan fingerprint density at radius 2 is 1.77 bits per heavy atom. The molecule has 0 heterocycles. The largest absolute Gasteiger partial charge is 0.279 e. The number of rotatable bonds is 7. The Labute approximate surface area is 90.0 Å².